The third-order valence-electron chi connectivity index (χ3n) is 3.22. The molecular formula is C13H18N2O4. The summed E-state index contributed by atoms with van der Waals surface area (Å²) < 4.78 is 10.3. The van der Waals surface area contributed by atoms with Gasteiger partial charge in [-0.2, -0.15) is 0 Å². The largest absolute Gasteiger partial charge is 0.480 e. The summed E-state index contributed by atoms with van der Waals surface area (Å²) in [5.74, 6) is 0.0846. The van der Waals surface area contributed by atoms with Crippen molar-refractivity contribution in [2.75, 3.05) is 26.9 Å². The average Bonchev–Trinajstić information content (AvgIpc) is 2.86. The number of amides is 1. The van der Waals surface area contributed by atoms with Crippen molar-refractivity contribution >= 4 is 5.91 Å². The van der Waals surface area contributed by atoms with E-state index < -0.39 is 6.10 Å². The molecule has 0 aromatic carbocycles. The van der Waals surface area contributed by atoms with Crippen LogP contribution in [0.2, 0.25) is 0 Å². The number of aliphatic hydroxyl groups is 1. The standard InChI is InChI=1S/C13H18N2O4/c1-3-15(10-7-19-8-11(10)16)13(17)9-5-4-6-14-12(9)18-2/h4-6,10-11,16H,3,7-8H2,1-2H3/t10-,11-/m1/s1. The zero-order valence-electron chi connectivity index (χ0n) is 11.1. The lowest BCUT2D eigenvalue weighted by molar-refractivity contribution is 0.0517. The Bertz CT molecular complexity index is 452. The Labute approximate surface area is 112 Å². The molecule has 1 aromatic rings. The average molecular weight is 266 g/mol. The van der Waals surface area contributed by atoms with Gasteiger partial charge in [0.15, 0.2) is 0 Å². The monoisotopic (exact) mass is 266 g/mol. The highest BCUT2D eigenvalue weighted by Crippen LogP contribution is 2.20. The summed E-state index contributed by atoms with van der Waals surface area (Å²) in [6.07, 6.45) is 0.922. The second-order valence-electron chi connectivity index (χ2n) is 4.32. The highest BCUT2D eigenvalue weighted by molar-refractivity contribution is 5.96. The van der Waals surface area contributed by atoms with Crippen molar-refractivity contribution in [3.05, 3.63) is 23.9 Å². The fourth-order valence-electron chi connectivity index (χ4n) is 2.23. The molecule has 2 heterocycles. The number of likely N-dealkylation sites (N-methyl/N-ethyl adjacent to an activating group) is 1. The lowest BCUT2D eigenvalue weighted by atomic mass is 10.1. The highest BCUT2D eigenvalue weighted by Gasteiger charge is 2.34. The Balaban J connectivity index is 2.25. The lowest BCUT2D eigenvalue weighted by Crippen LogP contribution is -2.46. The normalized spacial score (nSPS) is 22.3. The van der Waals surface area contributed by atoms with Gasteiger partial charge in [0.1, 0.15) is 5.56 Å². The molecule has 19 heavy (non-hydrogen) atoms. The first-order chi connectivity index (χ1) is 9.19. The molecule has 2 atom stereocenters. The third-order valence-corrected chi connectivity index (χ3v) is 3.22. The van der Waals surface area contributed by atoms with E-state index in [0.29, 0.717) is 24.6 Å². The second-order valence-corrected chi connectivity index (χ2v) is 4.32. The number of carbonyl (C=O) groups excluding carboxylic acids is 1. The van der Waals surface area contributed by atoms with Crippen molar-refractivity contribution in [2.45, 2.75) is 19.1 Å². The molecule has 6 heteroatoms. The van der Waals surface area contributed by atoms with Crippen LogP contribution in [0.15, 0.2) is 18.3 Å². The molecule has 1 aromatic heterocycles. The zero-order valence-corrected chi connectivity index (χ0v) is 11.1. The van der Waals surface area contributed by atoms with E-state index in [1.807, 2.05) is 6.92 Å². The van der Waals surface area contributed by atoms with Crippen LogP contribution in [0.4, 0.5) is 0 Å². The number of hydrogen-bond donors (Lipinski definition) is 1. The van der Waals surface area contributed by atoms with Crippen LogP contribution in [0.25, 0.3) is 0 Å². The quantitative estimate of drug-likeness (QED) is 0.849. The van der Waals surface area contributed by atoms with Gasteiger partial charge in [0.25, 0.3) is 5.91 Å². The maximum absolute atomic E-state index is 12.5. The van der Waals surface area contributed by atoms with Crippen molar-refractivity contribution < 1.29 is 19.4 Å². The topological polar surface area (TPSA) is 71.9 Å². The Morgan fingerprint density at radius 2 is 2.42 bits per heavy atom. The molecule has 0 aliphatic carbocycles. The number of rotatable bonds is 4. The summed E-state index contributed by atoms with van der Waals surface area (Å²) >= 11 is 0. The number of pyridine rings is 1. The molecule has 1 saturated heterocycles. The third kappa shape index (κ3) is 2.69. The number of carbonyl (C=O) groups is 1. The summed E-state index contributed by atoms with van der Waals surface area (Å²) in [7, 11) is 1.48. The van der Waals surface area contributed by atoms with Gasteiger partial charge >= 0.3 is 0 Å². The summed E-state index contributed by atoms with van der Waals surface area (Å²) in [6, 6.07) is 3.03. The van der Waals surface area contributed by atoms with Gasteiger partial charge < -0.3 is 19.5 Å². The number of aliphatic hydroxyl groups excluding tert-OH is 1. The molecule has 6 nitrogen and oxygen atoms in total. The predicted molar refractivity (Wildman–Crippen MR) is 68.1 cm³/mol. The minimum absolute atomic E-state index is 0.206. The van der Waals surface area contributed by atoms with Crippen LogP contribution in [0, 0.1) is 0 Å². The molecule has 1 aliphatic rings. The summed E-state index contributed by atoms with van der Waals surface area (Å²) in [6.45, 7) is 2.97. The Morgan fingerprint density at radius 3 is 3.00 bits per heavy atom. The first kappa shape index (κ1) is 13.8. The van der Waals surface area contributed by atoms with Crippen LogP contribution in [0.5, 0.6) is 5.88 Å². The Morgan fingerprint density at radius 1 is 1.63 bits per heavy atom. The van der Waals surface area contributed by atoms with Crippen LogP contribution in [0.3, 0.4) is 0 Å². The van der Waals surface area contributed by atoms with Gasteiger partial charge in [-0.05, 0) is 19.1 Å². The van der Waals surface area contributed by atoms with Crippen LogP contribution in [-0.4, -0.2) is 59.9 Å². The molecule has 2 rings (SSSR count). The first-order valence-corrected chi connectivity index (χ1v) is 6.24. The molecule has 0 unspecified atom stereocenters. The van der Waals surface area contributed by atoms with Gasteiger partial charge in [0.2, 0.25) is 5.88 Å². The highest BCUT2D eigenvalue weighted by atomic mass is 16.5. The number of hydrogen-bond acceptors (Lipinski definition) is 5. The van der Waals surface area contributed by atoms with Gasteiger partial charge in [-0.3, -0.25) is 4.79 Å². The lowest BCUT2D eigenvalue weighted by Gasteiger charge is -2.29. The molecule has 1 N–H and O–H groups in total. The second kappa shape index (κ2) is 5.99. The van der Waals surface area contributed by atoms with Gasteiger partial charge in [0.05, 0.1) is 32.5 Å². The van der Waals surface area contributed by atoms with Crippen LogP contribution < -0.4 is 4.74 Å². The van der Waals surface area contributed by atoms with Gasteiger partial charge in [0, 0.05) is 12.7 Å². The molecule has 0 bridgehead atoms. The molecule has 0 saturated carbocycles. The molecule has 1 aliphatic heterocycles. The van der Waals surface area contributed by atoms with Crippen molar-refractivity contribution in [1.29, 1.82) is 0 Å². The fourth-order valence-corrected chi connectivity index (χ4v) is 2.23. The number of nitrogens with zero attached hydrogens (tertiary/aromatic N) is 2. The fraction of sp³-hybridized carbons (Fsp3) is 0.538. The molecule has 1 amide bonds. The van der Waals surface area contributed by atoms with Crippen molar-refractivity contribution in [2.24, 2.45) is 0 Å². The SMILES string of the molecule is CCN(C(=O)c1cccnc1OC)[C@@H]1COC[C@H]1O. The zero-order chi connectivity index (χ0) is 13.8. The van der Waals surface area contributed by atoms with E-state index in [1.54, 1.807) is 23.2 Å². The number of ether oxygens (including phenoxy) is 2. The van der Waals surface area contributed by atoms with Gasteiger partial charge in [-0.1, -0.05) is 0 Å². The van der Waals surface area contributed by atoms with E-state index in [4.69, 9.17) is 9.47 Å². The maximum Gasteiger partial charge on any atom is 0.259 e. The van der Waals surface area contributed by atoms with E-state index in [0.717, 1.165) is 0 Å². The Kier molecular flexibility index (Phi) is 4.34. The van der Waals surface area contributed by atoms with E-state index >= 15 is 0 Å². The van der Waals surface area contributed by atoms with Crippen LogP contribution in [-0.2, 0) is 4.74 Å². The van der Waals surface area contributed by atoms with E-state index in [-0.39, 0.29) is 18.6 Å². The molecule has 0 radical (unpaired) electrons. The number of aromatic nitrogens is 1. The molecule has 0 spiro atoms. The summed E-state index contributed by atoms with van der Waals surface area (Å²) in [4.78, 5) is 18.1. The van der Waals surface area contributed by atoms with Crippen molar-refractivity contribution in [3.8, 4) is 5.88 Å². The van der Waals surface area contributed by atoms with Gasteiger partial charge in [-0.25, -0.2) is 4.98 Å². The van der Waals surface area contributed by atoms with E-state index in [1.165, 1.54) is 7.11 Å². The first-order valence-electron chi connectivity index (χ1n) is 6.24. The van der Waals surface area contributed by atoms with Crippen LogP contribution in [0.1, 0.15) is 17.3 Å². The van der Waals surface area contributed by atoms with E-state index in [2.05, 4.69) is 4.98 Å². The minimum atomic E-state index is -0.647. The van der Waals surface area contributed by atoms with E-state index in [9.17, 15) is 9.90 Å². The van der Waals surface area contributed by atoms with Crippen LogP contribution >= 0.6 is 0 Å². The maximum atomic E-state index is 12.5. The molecular weight excluding hydrogens is 248 g/mol. The van der Waals surface area contributed by atoms with Gasteiger partial charge in [-0.15, -0.1) is 0 Å². The summed E-state index contributed by atoms with van der Waals surface area (Å²) in [5.41, 5.74) is 0.394. The summed E-state index contributed by atoms with van der Waals surface area (Å²) in [5, 5.41) is 9.85. The van der Waals surface area contributed by atoms with Crippen molar-refractivity contribution in [3.63, 3.8) is 0 Å². The Hall–Kier alpha value is -1.66. The molecule has 1 fully saturated rings. The predicted octanol–water partition coefficient (Wildman–Crippen LogP) is 0.312. The minimum Gasteiger partial charge on any atom is -0.480 e. The number of methoxy groups -OCH3 is 1. The smallest absolute Gasteiger partial charge is 0.259 e. The van der Waals surface area contributed by atoms with Crippen molar-refractivity contribution in [1.82, 2.24) is 9.88 Å². The molecule has 104 valence electrons.